The van der Waals surface area contributed by atoms with Crippen molar-refractivity contribution in [3.8, 4) is 0 Å². The summed E-state index contributed by atoms with van der Waals surface area (Å²) in [6.45, 7) is 5.01. The van der Waals surface area contributed by atoms with Crippen LogP contribution in [-0.2, 0) is 11.2 Å². The van der Waals surface area contributed by atoms with E-state index in [-0.39, 0.29) is 11.6 Å². The number of carbonyl (C=O) groups is 1. The topological polar surface area (TPSA) is 66.0 Å². The van der Waals surface area contributed by atoms with Crippen LogP contribution in [0.25, 0.3) is 0 Å². The number of aromatic nitrogens is 2. The second-order valence-electron chi connectivity index (χ2n) is 6.36. The number of halogens is 1. The molecular formula is C17H19FN2O2. The van der Waals surface area contributed by atoms with E-state index in [4.69, 9.17) is 0 Å². The molecule has 1 aliphatic rings. The van der Waals surface area contributed by atoms with Crippen LogP contribution >= 0.6 is 0 Å². The number of nitrogens with zero attached hydrogens (tertiary/aromatic N) is 1. The summed E-state index contributed by atoms with van der Waals surface area (Å²) in [5.41, 5.74) is 1.97. The molecular weight excluding hydrogens is 283 g/mol. The highest BCUT2D eigenvalue weighted by Gasteiger charge is 2.48. The molecule has 0 radical (unpaired) electrons. The van der Waals surface area contributed by atoms with Crippen molar-refractivity contribution in [3.05, 3.63) is 52.6 Å². The third-order valence-electron chi connectivity index (χ3n) is 4.56. The summed E-state index contributed by atoms with van der Waals surface area (Å²) in [4.78, 5) is 12.2. The number of benzene rings is 1. The fourth-order valence-corrected chi connectivity index (χ4v) is 3.74. The first-order valence-electron chi connectivity index (χ1n) is 7.33. The van der Waals surface area contributed by atoms with Gasteiger partial charge in [-0.1, -0.05) is 12.1 Å². The summed E-state index contributed by atoms with van der Waals surface area (Å²) in [5, 5.41) is 18.0. The summed E-state index contributed by atoms with van der Waals surface area (Å²) in [5.74, 6) is -1.48. The average molecular weight is 302 g/mol. The standard InChI is InChI=1S/C17H19FN2O2/c1-9-14-13(20-19-9)8-17(3,22)16(10(2)21)15(14)11-5-4-6-12(18)7-11/h4-7,15-16,22H,8H2,1-3H3,(H,19,20)/t15-,16-,17-/m1/s1. The fraction of sp³-hybridized carbons (Fsp3) is 0.412. The van der Waals surface area contributed by atoms with E-state index in [0.29, 0.717) is 12.0 Å². The number of hydrogen-bond donors (Lipinski definition) is 2. The molecule has 1 aromatic carbocycles. The lowest BCUT2D eigenvalue weighted by atomic mass is 9.64. The highest BCUT2D eigenvalue weighted by Crippen LogP contribution is 2.46. The van der Waals surface area contributed by atoms with Crippen LogP contribution in [0.5, 0.6) is 0 Å². The van der Waals surface area contributed by atoms with Gasteiger partial charge >= 0.3 is 0 Å². The van der Waals surface area contributed by atoms with Crippen molar-refractivity contribution >= 4 is 5.78 Å². The summed E-state index contributed by atoms with van der Waals surface area (Å²) in [7, 11) is 0. The van der Waals surface area contributed by atoms with Crippen molar-refractivity contribution < 1.29 is 14.3 Å². The molecule has 3 rings (SSSR count). The number of H-pyrrole nitrogens is 1. The van der Waals surface area contributed by atoms with Crippen molar-refractivity contribution in [2.75, 3.05) is 0 Å². The Bertz CT molecular complexity index is 736. The minimum atomic E-state index is -1.21. The molecule has 0 unspecified atom stereocenters. The maximum Gasteiger partial charge on any atom is 0.136 e. The van der Waals surface area contributed by atoms with Gasteiger partial charge in [-0.25, -0.2) is 4.39 Å². The van der Waals surface area contributed by atoms with Gasteiger partial charge in [-0.2, -0.15) is 5.10 Å². The van der Waals surface area contributed by atoms with E-state index in [2.05, 4.69) is 10.2 Å². The van der Waals surface area contributed by atoms with E-state index in [1.54, 1.807) is 19.1 Å². The molecule has 0 saturated heterocycles. The number of Topliss-reactive ketones (excluding diaryl/α,β-unsaturated/α-hetero) is 1. The molecule has 0 amide bonds. The first kappa shape index (κ1) is 14.9. The summed E-state index contributed by atoms with van der Waals surface area (Å²) in [6.07, 6.45) is 0.308. The number of carbonyl (C=O) groups excluding carboxylic acids is 1. The van der Waals surface area contributed by atoms with Gasteiger partial charge in [0, 0.05) is 23.6 Å². The lowest BCUT2D eigenvalue weighted by molar-refractivity contribution is -0.130. The molecule has 0 bridgehead atoms. The average Bonchev–Trinajstić information content (AvgIpc) is 2.76. The Balaban J connectivity index is 2.25. The second kappa shape index (κ2) is 5.02. The van der Waals surface area contributed by atoms with E-state index < -0.39 is 17.4 Å². The molecule has 2 aromatic rings. The molecule has 116 valence electrons. The molecule has 1 heterocycles. The molecule has 0 saturated carbocycles. The summed E-state index contributed by atoms with van der Waals surface area (Å²) < 4.78 is 13.7. The Kier molecular flexibility index (Phi) is 3.40. The lowest BCUT2D eigenvalue weighted by Gasteiger charge is -2.41. The van der Waals surface area contributed by atoms with E-state index in [1.807, 2.05) is 6.92 Å². The largest absolute Gasteiger partial charge is 0.389 e. The van der Waals surface area contributed by atoms with Gasteiger partial charge in [0.15, 0.2) is 0 Å². The van der Waals surface area contributed by atoms with Crippen LogP contribution < -0.4 is 0 Å². The zero-order valence-corrected chi connectivity index (χ0v) is 12.9. The number of aryl methyl sites for hydroxylation is 1. The van der Waals surface area contributed by atoms with Gasteiger partial charge < -0.3 is 5.11 Å². The van der Waals surface area contributed by atoms with Crippen LogP contribution in [0.4, 0.5) is 4.39 Å². The predicted octanol–water partition coefficient (Wildman–Crippen LogP) is 2.50. The monoisotopic (exact) mass is 302 g/mol. The minimum absolute atomic E-state index is 0.106. The molecule has 2 N–H and O–H groups in total. The molecule has 3 atom stereocenters. The first-order chi connectivity index (χ1) is 10.3. The highest BCUT2D eigenvalue weighted by molar-refractivity contribution is 5.82. The SMILES string of the molecule is CC(=O)[C@@H]1[C@H](c2cccc(F)c2)c2c(n[nH]c2C)C[C@@]1(C)O. The smallest absolute Gasteiger partial charge is 0.136 e. The fourth-order valence-electron chi connectivity index (χ4n) is 3.74. The number of fused-ring (bicyclic) bond motifs is 1. The van der Waals surface area contributed by atoms with E-state index in [0.717, 1.165) is 17.0 Å². The van der Waals surface area contributed by atoms with Crippen molar-refractivity contribution in [2.45, 2.75) is 38.7 Å². The van der Waals surface area contributed by atoms with Crippen LogP contribution in [0.1, 0.15) is 42.3 Å². The Hall–Kier alpha value is -2.01. The number of ketones is 1. The molecule has 22 heavy (non-hydrogen) atoms. The van der Waals surface area contributed by atoms with E-state index >= 15 is 0 Å². The second-order valence-corrected chi connectivity index (χ2v) is 6.36. The van der Waals surface area contributed by atoms with Crippen molar-refractivity contribution in [1.29, 1.82) is 0 Å². The molecule has 1 aliphatic carbocycles. The van der Waals surface area contributed by atoms with Gasteiger partial charge in [-0.05, 0) is 38.5 Å². The van der Waals surface area contributed by atoms with Gasteiger partial charge in [0.1, 0.15) is 11.6 Å². The Morgan fingerprint density at radius 1 is 1.50 bits per heavy atom. The molecule has 4 nitrogen and oxygen atoms in total. The molecule has 0 fully saturated rings. The van der Waals surface area contributed by atoms with Crippen LogP contribution in [0, 0.1) is 18.7 Å². The third kappa shape index (κ3) is 2.25. The first-order valence-corrected chi connectivity index (χ1v) is 7.33. The van der Waals surface area contributed by atoms with Gasteiger partial charge in [0.25, 0.3) is 0 Å². The maximum absolute atomic E-state index is 13.7. The van der Waals surface area contributed by atoms with Gasteiger partial charge in [-0.15, -0.1) is 0 Å². The molecule has 0 aliphatic heterocycles. The normalized spacial score (nSPS) is 27.5. The number of rotatable bonds is 2. The number of aromatic amines is 1. The minimum Gasteiger partial charge on any atom is -0.389 e. The van der Waals surface area contributed by atoms with E-state index in [9.17, 15) is 14.3 Å². The summed E-state index contributed by atoms with van der Waals surface area (Å²) in [6, 6.07) is 6.22. The lowest BCUT2D eigenvalue weighted by Crippen LogP contribution is -2.48. The number of aliphatic hydroxyl groups is 1. The van der Waals surface area contributed by atoms with Crippen LogP contribution in [-0.4, -0.2) is 26.7 Å². The highest BCUT2D eigenvalue weighted by atomic mass is 19.1. The predicted molar refractivity (Wildman–Crippen MR) is 80.1 cm³/mol. The van der Waals surface area contributed by atoms with E-state index in [1.165, 1.54) is 19.1 Å². The van der Waals surface area contributed by atoms with Gasteiger partial charge in [0.2, 0.25) is 0 Å². The molecule has 0 spiro atoms. The maximum atomic E-state index is 13.7. The van der Waals surface area contributed by atoms with Crippen molar-refractivity contribution in [1.82, 2.24) is 10.2 Å². The molecule has 5 heteroatoms. The molecule has 1 aromatic heterocycles. The van der Waals surface area contributed by atoms with Crippen LogP contribution in [0.15, 0.2) is 24.3 Å². The number of nitrogens with one attached hydrogen (secondary N) is 1. The third-order valence-corrected chi connectivity index (χ3v) is 4.56. The van der Waals surface area contributed by atoms with Gasteiger partial charge in [0.05, 0.1) is 17.2 Å². The van der Waals surface area contributed by atoms with Gasteiger partial charge in [-0.3, -0.25) is 9.89 Å². The Labute approximate surface area is 128 Å². The van der Waals surface area contributed by atoms with Crippen LogP contribution in [0.3, 0.4) is 0 Å². The quantitative estimate of drug-likeness (QED) is 0.896. The van der Waals surface area contributed by atoms with Crippen molar-refractivity contribution in [3.63, 3.8) is 0 Å². The Morgan fingerprint density at radius 2 is 2.23 bits per heavy atom. The van der Waals surface area contributed by atoms with Crippen molar-refractivity contribution in [2.24, 2.45) is 5.92 Å². The zero-order valence-electron chi connectivity index (χ0n) is 12.9. The Morgan fingerprint density at radius 3 is 2.86 bits per heavy atom. The zero-order chi connectivity index (χ0) is 16.1. The number of hydrogen-bond acceptors (Lipinski definition) is 3. The summed E-state index contributed by atoms with van der Waals surface area (Å²) >= 11 is 0. The van der Waals surface area contributed by atoms with Crippen LogP contribution in [0.2, 0.25) is 0 Å².